The number of carbonyl (C=O) groups is 1. The number of aliphatic carboxylic acids is 1. The Balaban J connectivity index is 1.65. The van der Waals surface area contributed by atoms with Crippen LogP contribution in [0.15, 0.2) is 36.5 Å². The molecule has 3 heterocycles. The summed E-state index contributed by atoms with van der Waals surface area (Å²) in [7, 11) is 0. The van der Waals surface area contributed by atoms with Crippen LogP contribution in [0.5, 0.6) is 0 Å². The van der Waals surface area contributed by atoms with E-state index in [1.807, 2.05) is 12.1 Å². The highest BCUT2D eigenvalue weighted by Crippen LogP contribution is 2.53. The average molecular weight is 466 g/mol. The van der Waals surface area contributed by atoms with Crippen LogP contribution in [0.4, 0.5) is 8.78 Å². The first kappa shape index (κ1) is 21.3. The number of aromatic amines is 1. The molecule has 0 amide bonds. The summed E-state index contributed by atoms with van der Waals surface area (Å²) in [4.78, 5) is 11.5. The Bertz CT molecular complexity index is 1430. The van der Waals surface area contributed by atoms with Crippen LogP contribution in [0, 0.1) is 12.7 Å². The predicted octanol–water partition coefficient (Wildman–Crippen LogP) is 5.52. The number of hydrogen-bond acceptors (Lipinski definition) is 3. The molecule has 2 aromatic heterocycles. The first-order chi connectivity index (χ1) is 16.4. The van der Waals surface area contributed by atoms with Crippen molar-refractivity contribution in [3.05, 3.63) is 59.2 Å². The number of carboxylic acid groups (broad SMARTS) is 1. The molecule has 0 spiro atoms. The number of aromatic nitrogens is 3. The van der Waals surface area contributed by atoms with Crippen LogP contribution >= 0.6 is 0 Å². The topological polar surface area (TPSA) is 80.1 Å². The van der Waals surface area contributed by atoms with Gasteiger partial charge in [-0.2, -0.15) is 5.10 Å². The Morgan fingerprint density at radius 2 is 1.97 bits per heavy atom. The Kier molecular flexibility index (Phi) is 4.78. The van der Waals surface area contributed by atoms with E-state index in [0.717, 1.165) is 51.6 Å². The van der Waals surface area contributed by atoms with E-state index in [1.54, 1.807) is 19.2 Å². The number of aryl methyl sites for hydroxylation is 1. The van der Waals surface area contributed by atoms with Gasteiger partial charge in [0.25, 0.3) is 0 Å². The summed E-state index contributed by atoms with van der Waals surface area (Å²) in [6, 6.07) is 9.16. The van der Waals surface area contributed by atoms with E-state index >= 15 is 0 Å². The number of halogens is 2. The van der Waals surface area contributed by atoms with Crippen LogP contribution in [-0.4, -0.2) is 44.7 Å². The molecule has 4 aromatic rings. The molecule has 34 heavy (non-hydrogen) atoms. The number of alkyl halides is 1. The number of carboxylic acids is 1. The van der Waals surface area contributed by atoms with Crippen molar-refractivity contribution in [1.29, 1.82) is 0 Å². The molecular formula is C26H25F2N3O3. The minimum atomic E-state index is -2.20. The van der Waals surface area contributed by atoms with Gasteiger partial charge in [-0.25, -0.2) is 13.6 Å². The summed E-state index contributed by atoms with van der Waals surface area (Å²) in [6.07, 6.45) is 3.28. The van der Waals surface area contributed by atoms with Crippen LogP contribution in [0.1, 0.15) is 54.3 Å². The van der Waals surface area contributed by atoms with Crippen LogP contribution < -0.4 is 0 Å². The van der Waals surface area contributed by atoms with Crippen molar-refractivity contribution in [1.82, 2.24) is 14.8 Å². The highest BCUT2D eigenvalue weighted by Gasteiger charge is 2.53. The molecule has 1 aliphatic heterocycles. The van der Waals surface area contributed by atoms with E-state index in [1.165, 1.54) is 6.07 Å². The number of nitrogens with zero attached hydrogens (tertiary/aromatic N) is 2. The molecule has 1 saturated carbocycles. The van der Waals surface area contributed by atoms with Gasteiger partial charge < -0.3 is 14.4 Å². The summed E-state index contributed by atoms with van der Waals surface area (Å²) in [5.74, 6) is -1.72. The molecule has 0 radical (unpaired) electrons. The number of benzene rings is 2. The van der Waals surface area contributed by atoms with Crippen LogP contribution in [0.25, 0.3) is 27.5 Å². The molecule has 1 saturated heterocycles. The smallest absolute Gasteiger partial charge is 0.341 e. The van der Waals surface area contributed by atoms with E-state index in [9.17, 15) is 18.7 Å². The summed E-state index contributed by atoms with van der Waals surface area (Å²) < 4.78 is 36.8. The van der Waals surface area contributed by atoms with E-state index in [-0.39, 0.29) is 30.5 Å². The number of H-pyrrole nitrogens is 1. The maximum absolute atomic E-state index is 14.9. The van der Waals surface area contributed by atoms with Crippen LogP contribution in [0.3, 0.4) is 0 Å². The van der Waals surface area contributed by atoms with Gasteiger partial charge in [-0.1, -0.05) is 0 Å². The molecule has 2 aliphatic rings. The quantitative estimate of drug-likeness (QED) is 0.416. The lowest BCUT2D eigenvalue weighted by atomic mass is 9.67. The maximum atomic E-state index is 14.9. The normalized spacial score (nSPS) is 23.4. The van der Waals surface area contributed by atoms with Crippen molar-refractivity contribution in [3.63, 3.8) is 0 Å². The lowest BCUT2D eigenvalue weighted by Crippen LogP contribution is -2.45. The second-order valence-electron chi connectivity index (χ2n) is 9.66. The second-order valence-corrected chi connectivity index (χ2v) is 9.66. The van der Waals surface area contributed by atoms with Gasteiger partial charge in [-0.05, 0) is 80.0 Å². The predicted molar refractivity (Wildman–Crippen MR) is 124 cm³/mol. The monoisotopic (exact) mass is 465 g/mol. The van der Waals surface area contributed by atoms with Crippen molar-refractivity contribution >= 4 is 27.8 Å². The van der Waals surface area contributed by atoms with Crippen molar-refractivity contribution in [2.75, 3.05) is 13.2 Å². The van der Waals surface area contributed by atoms with Gasteiger partial charge in [0.05, 0.1) is 17.2 Å². The highest BCUT2D eigenvalue weighted by atomic mass is 19.1. The molecular weight excluding hydrogens is 440 g/mol. The molecule has 2 aromatic carbocycles. The summed E-state index contributed by atoms with van der Waals surface area (Å²) in [6.45, 7) is 3.00. The minimum Gasteiger partial charge on any atom is -0.479 e. The molecule has 6 rings (SSSR count). The third-order valence-electron chi connectivity index (χ3n) is 7.54. The van der Waals surface area contributed by atoms with Gasteiger partial charge in [-0.3, -0.25) is 5.10 Å². The SMILES string of the molecule is Cc1cc(-n2c(C3CCOCC3)c([C@H]3C[C@](F)(C(=O)O)C3)c3cc4[nH]ncc4cc32)ccc1F. The van der Waals surface area contributed by atoms with Crippen molar-refractivity contribution in [3.8, 4) is 5.69 Å². The third-order valence-corrected chi connectivity index (χ3v) is 7.54. The van der Waals surface area contributed by atoms with E-state index in [2.05, 4.69) is 20.8 Å². The Morgan fingerprint density at radius 1 is 1.21 bits per heavy atom. The van der Waals surface area contributed by atoms with Crippen LogP contribution in [-0.2, 0) is 9.53 Å². The molecule has 176 valence electrons. The standard InChI is InChI=1S/C26H25F2N3O3/c1-14-8-18(2-3-20(14)27)31-22-9-16-13-29-30-21(16)10-19(22)23(17-11-26(28,12-17)25(32)33)24(31)15-4-6-34-7-5-15/h2-3,8-10,13,15,17H,4-7,11-12H2,1H3,(H,29,30)(H,32,33)/t17-,26+. The number of fused-ring (bicyclic) bond motifs is 2. The lowest BCUT2D eigenvalue weighted by molar-refractivity contribution is -0.158. The number of nitrogens with one attached hydrogen (secondary N) is 1. The van der Waals surface area contributed by atoms with Gasteiger partial charge >= 0.3 is 5.97 Å². The van der Waals surface area contributed by atoms with E-state index in [4.69, 9.17) is 4.74 Å². The molecule has 2 fully saturated rings. The van der Waals surface area contributed by atoms with Gasteiger partial charge in [0, 0.05) is 41.3 Å². The lowest BCUT2D eigenvalue weighted by Gasteiger charge is -2.39. The van der Waals surface area contributed by atoms with Gasteiger partial charge in [0.15, 0.2) is 0 Å². The first-order valence-electron chi connectivity index (χ1n) is 11.6. The van der Waals surface area contributed by atoms with Gasteiger partial charge in [0.1, 0.15) is 5.82 Å². The van der Waals surface area contributed by atoms with E-state index < -0.39 is 11.6 Å². The fourth-order valence-electron chi connectivity index (χ4n) is 5.72. The second kappa shape index (κ2) is 7.63. The molecule has 8 heteroatoms. The van der Waals surface area contributed by atoms with Crippen molar-refractivity contribution in [2.45, 2.75) is 50.1 Å². The zero-order chi connectivity index (χ0) is 23.6. The largest absolute Gasteiger partial charge is 0.479 e. The zero-order valence-corrected chi connectivity index (χ0v) is 18.8. The van der Waals surface area contributed by atoms with Crippen molar-refractivity contribution < 1.29 is 23.4 Å². The summed E-state index contributed by atoms with van der Waals surface area (Å²) >= 11 is 0. The van der Waals surface area contributed by atoms with Crippen LogP contribution in [0.2, 0.25) is 0 Å². The molecule has 6 nitrogen and oxygen atoms in total. The first-order valence-corrected chi connectivity index (χ1v) is 11.6. The minimum absolute atomic E-state index is 0.0544. The Labute approximate surface area is 194 Å². The average Bonchev–Trinajstić information content (AvgIpc) is 3.39. The van der Waals surface area contributed by atoms with Crippen molar-refractivity contribution in [2.24, 2.45) is 0 Å². The number of ether oxygens (including phenoxy) is 1. The molecule has 1 aliphatic carbocycles. The van der Waals surface area contributed by atoms with Gasteiger partial charge in [-0.15, -0.1) is 0 Å². The molecule has 0 unspecified atom stereocenters. The molecule has 2 N–H and O–H groups in total. The molecule has 0 atom stereocenters. The molecule has 0 bridgehead atoms. The number of rotatable bonds is 4. The summed E-state index contributed by atoms with van der Waals surface area (Å²) in [5, 5.41) is 18.5. The number of hydrogen-bond donors (Lipinski definition) is 2. The van der Waals surface area contributed by atoms with E-state index in [0.29, 0.717) is 18.8 Å². The Hall–Kier alpha value is -3.26. The Morgan fingerprint density at radius 3 is 2.68 bits per heavy atom. The fourth-order valence-corrected chi connectivity index (χ4v) is 5.72. The zero-order valence-electron chi connectivity index (χ0n) is 18.8. The summed E-state index contributed by atoms with van der Waals surface area (Å²) in [5.41, 5.74) is 3.03. The third kappa shape index (κ3) is 3.15. The fraction of sp³-hybridized carbons (Fsp3) is 0.385. The maximum Gasteiger partial charge on any atom is 0.341 e. The van der Waals surface area contributed by atoms with Gasteiger partial charge in [0.2, 0.25) is 5.67 Å². The highest BCUT2D eigenvalue weighted by molar-refractivity contribution is 5.99.